The van der Waals surface area contributed by atoms with Gasteiger partial charge in [0.1, 0.15) is 6.61 Å². The van der Waals surface area contributed by atoms with Crippen LogP contribution in [-0.2, 0) is 9.53 Å². The van der Waals surface area contributed by atoms with Crippen LogP contribution in [0.5, 0.6) is 0 Å². The third kappa shape index (κ3) is 4.64. The quantitative estimate of drug-likeness (QED) is 0.815. The molecule has 1 aromatic rings. The van der Waals surface area contributed by atoms with Crippen LogP contribution in [0.1, 0.15) is 27.7 Å². The molecule has 0 N–H and O–H groups in total. The largest absolute Gasteiger partial charge is 0.366 e. The molecule has 0 aromatic carbocycles. The van der Waals surface area contributed by atoms with Crippen LogP contribution >= 0.6 is 15.9 Å². The summed E-state index contributed by atoms with van der Waals surface area (Å²) in [5, 5.41) is 0. The first-order valence-electron chi connectivity index (χ1n) is 7.42. The summed E-state index contributed by atoms with van der Waals surface area (Å²) in [5.74, 6) is 0.742. The van der Waals surface area contributed by atoms with Gasteiger partial charge in [0.05, 0.1) is 10.1 Å². The fourth-order valence-electron chi connectivity index (χ4n) is 2.30. The Morgan fingerprint density at radius 3 is 2.55 bits per heavy atom. The third-order valence-electron chi connectivity index (χ3n) is 3.47. The van der Waals surface area contributed by atoms with Crippen molar-refractivity contribution in [1.82, 2.24) is 14.9 Å². The smallest absolute Gasteiger partial charge is 0.248 e. The Labute approximate surface area is 140 Å². The highest BCUT2D eigenvalue weighted by Crippen LogP contribution is 2.18. The molecular formula is C15H23BrN4O2. The van der Waals surface area contributed by atoms with E-state index in [1.165, 1.54) is 0 Å². The van der Waals surface area contributed by atoms with Crippen molar-refractivity contribution in [3.05, 3.63) is 16.9 Å². The Kier molecular flexibility index (Phi) is 5.39. The van der Waals surface area contributed by atoms with Crippen molar-refractivity contribution in [1.29, 1.82) is 0 Å². The predicted molar refractivity (Wildman–Crippen MR) is 88.8 cm³/mol. The standard InChI is InChI=1S/C15H23BrN4O2/c1-11-9-19(13(21)10-22-15(2,3)4)5-6-20(11)14-17-7-12(16)8-18-14/h7-8,11H,5-6,9-10H2,1-4H3/t11-/m0/s1. The van der Waals surface area contributed by atoms with Gasteiger partial charge in [-0.2, -0.15) is 0 Å². The lowest BCUT2D eigenvalue weighted by Crippen LogP contribution is -2.55. The molecule has 7 heteroatoms. The van der Waals surface area contributed by atoms with Gasteiger partial charge in [0.25, 0.3) is 0 Å². The number of piperazine rings is 1. The van der Waals surface area contributed by atoms with Gasteiger partial charge in [0, 0.05) is 38.1 Å². The molecule has 1 atom stereocenters. The van der Waals surface area contributed by atoms with Gasteiger partial charge in [-0.1, -0.05) is 0 Å². The van der Waals surface area contributed by atoms with E-state index in [9.17, 15) is 4.79 Å². The molecule has 2 rings (SSSR count). The maximum atomic E-state index is 12.2. The van der Waals surface area contributed by atoms with Gasteiger partial charge in [-0.3, -0.25) is 4.79 Å². The molecule has 0 bridgehead atoms. The molecule has 1 amide bonds. The van der Waals surface area contributed by atoms with Crippen molar-refractivity contribution in [2.75, 3.05) is 31.1 Å². The number of nitrogens with zero attached hydrogens (tertiary/aromatic N) is 4. The van der Waals surface area contributed by atoms with Crippen LogP contribution in [0.15, 0.2) is 16.9 Å². The number of rotatable bonds is 3. The third-order valence-corrected chi connectivity index (χ3v) is 3.88. The molecule has 1 fully saturated rings. The van der Waals surface area contributed by atoms with Crippen LogP contribution in [0.25, 0.3) is 0 Å². The van der Waals surface area contributed by atoms with E-state index >= 15 is 0 Å². The van der Waals surface area contributed by atoms with Gasteiger partial charge < -0.3 is 14.5 Å². The van der Waals surface area contributed by atoms with Gasteiger partial charge in [-0.15, -0.1) is 0 Å². The minimum absolute atomic E-state index is 0.0400. The summed E-state index contributed by atoms with van der Waals surface area (Å²) >= 11 is 3.34. The zero-order chi connectivity index (χ0) is 16.3. The summed E-state index contributed by atoms with van der Waals surface area (Å²) in [6, 6.07) is 0.175. The van der Waals surface area contributed by atoms with Crippen LogP contribution in [0.2, 0.25) is 0 Å². The lowest BCUT2D eigenvalue weighted by atomic mass is 10.2. The summed E-state index contributed by atoms with van der Waals surface area (Å²) in [7, 11) is 0. The molecule has 0 radical (unpaired) electrons. The van der Waals surface area contributed by atoms with Crippen LogP contribution in [0.3, 0.4) is 0 Å². The Morgan fingerprint density at radius 2 is 2.00 bits per heavy atom. The molecule has 6 nitrogen and oxygen atoms in total. The number of aromatic nitrogens is 2. The van der Waals surface area contributed by atoms with E-state index in [1.807, 2.05) is 25.7 Å². The number of amides is 1. The molecule has 1 aromatic heterocycles. The molecular weight excluding hydrogens is 348 g/mol. The number of anilines is 1. The van der Waals surface area contributed by atoms with E-state index in [0.717, 1.165) is 11.0 Å². The molecule has 2 heterocycles. The topological polar surface area (TPSA) is 58.6 Å². The van der Waals surface area contributed by atoms with Crippen molar-refractivity contribution < 1.29 is 9.53 Å². The number of ether oxygens (including phenoxy) is 1. The molecule has 0 spiro atoms. The fourth-order valence-corrected chi connectivity index (χ4v) is 2.51. The van der Waals surface area contributed by atoms with Gasteiger partial charge in [0.15, 0.2) is 0 Å². The first-order chi connectivity index (χ1) is 10.3. The van der Waals surface area contributed by atoms with Gasteiger partial charge in [-0.05, 0) is 43.6 Å². The molecule has 0 unspecified atom stereocenters. The average Bonchev–Trinajstić information content (AvgIpc) is 2.45. The van der Waals surface area contributed by atoms with Crippen molar-refractivity contribution in [3.8, 4) is 0 Å². The fraction of sp³-hybridized carbons (Fsp3) is 0.667. The van der Waals surface area contributed by atoms with E-state index in [2.05, 4.69) is 37.7 Å². The average molecular weight is 371 g/mol. The van der Waals surface area contributed by atoms with Crippen molar-refractivity contribution in [3.63, 3.8) is 0 Å². The molecule has 1 aliphatic heterocycles. The summed E-state index contributed by atoms with van der Waals surface area (Å²) in [6.07, 6.45) is 3.48. The lowest BCUT2D eigenvalue weighted by Gasteiger charge is -2.40. The molecule has 0 aliphatic carbocycles. The minimum atomic E-state index is -0.297. The Morgan fingerprint density at radius 1 is 1.36 bits per heavy atom. The normalized spacial score (nSPS) is 19.4. The number of halogens is 1. The highest BCUT2D eigenvalue weighted by molar-refractivity contribution is 9.10. The van der Waals surface area contributed by atoms with Gasteiger partial charge in [0.2, 0.25) is 11.9 Å². The molecule has 22 heavy (non-hydrogen) atoms. The Hall–Kier alpha value is -1.21. The zero-order valence-corrected chi connectivity index (χ0v) is 15.1. The van der Waals surface area contributed by atoms with E-state index in [4.69, 9.17) is 4.74 Å². The number of carbonyl (C=O) groups excluding carboxylic acids is 1. The number of hydrogen-bond acceptors (Lipinski definition) is 5. The van der Waals surface area contributed by atoms with Crippen molar-refractivity contribution in [2.45, 2.75) is 39.3 Å². The SMILES string of the molecule is C[C@H]1CN(C(=O)COC(C)(C)C)CCN1c1ncc(Br)cn1. The van der Waals surface area contributed by atoms with Crippen LogP contribution in [0.4, 0.5) is 5.95 Å². The Balaban J connectivity index is 1.92. The minimum Gasteiger partial charge on any atom is -0.366 e. The first-order valence-corrected chi connectivity index (χ1v) is 8.21. The summed E-state index contributed by atoms with van der Waals surface area (Å²) in [5.41, 5.74) is -0.297. The molecule has 1 saturated heterocycles. The molecule has 122 valence electrons. The van der Waals surface area contributed by atoms with E-state index in [0.29, 0.717) is 19.0 Å². The molecule has 1 aliphatic rings. The van der Waals surface area contributed by atoms with Crippen LogP contribution in [0, 0.1) is 0 Å². The summed E-state index contributed by atoms with van der Waals surface area (Å²) in [4.78, 5) is 24.9. The lowest BCUT2D eigenvalue weighted by molar-refractivity contribution is -0.141. The maximum Gasteiger partial charge on any atom is 0.248 e. The maximum absolute atomic E-state index is 12.2. The summed E-state index contributed by atoms with van der Waals surface area (Å²) in [6.45, 7) is 10.1. The van der Waals surface area contributed by atoms with E-state index in [-0.39, 0.29) is 24.2 Å². The van der Waals surface area contributed by atoms with E-state index in [1.54, 1.807) is 12.4 Å². The highest BCUT2D eigenvalue weighted by atomic mass is 79.9. The summed E-state index contributed by atoms with van der Waals surface area (Å²) < 4.78 is 6.43. The number of hydrogen-bond donors (Lipinski definition) is 0. The van der Waals surface area contributed by atoms with E-state index < -0.39 is 0 Å². The van der Waals surface area contributed by atoms with Gasteiger partial charge in [-0.25, -0.2) is 9.97 Å². The second-order valence-electron chi connectivity index (χ2n) is 6.48. The first kappa shape index (κ1) is 17.1. The van der Waals surface area contributed by atoms with Crippen LogP contribution < -0.4 is 4.90 Å². The number of carbonyl (C=O) groups is 1. The molecule has 0 saturated carbocycles. The Bertz CT molecular complexity index is 515. The second kappa shape index (κ2) is 6.91. The van der Waals surface area contributed by atoms with Crippen molar-refractivity contribution in [2.24, 2.45) is 0 Å². The van der Waals surface area contributed by atoms with Crippen LogP contribution in [-0.4, -0.2) is 58.7 Å². The van der Waals surface area contributed by atoms with Crippen molar-refractivity contribution >= 4 is 27.8 Å². The van der Waals surface area contributed by atoms with Gasteiger partial charge >= 0.3 is 0 Å². The second-order valence-corrected chi connectivity index (χ2v) is 7.40. The monoisotopic (exact) mass is 370 g/mol. The predicted octanol–water partition coefficient (Wildman–Crippen LogP) is 2.09. The highest BCUT2D eigenvalue weighted by Gasteiger charge is 2.28. The zero-order valence-electron chi connectivity index (χ0n) is 13.5.